The molecule has 4 rings (SSSR count). The number of anilines is 1. The van der Waals surface area contributed by atoms with Crippen molar-refractivity contribution in [2.75, 3.05) is 5.32 Å². The van der Waals surface area contributed by atoms with Crippen molar-refractivity contribution in [3.63, 3.8) is 0 Å². The van der Waals surface area contributed by atoms with Crippen LogP contribution in [0.15, 0.2) is 60.0 Å². The van der Waals surface area contributed by atoms with Crippen LogP contribution in [0.1, 0.15) is 38.4 Å². The Balaban J connectivity index is 1.55. The van der Waals surface area contributed by atoms with Crippen molar-refractivity contribution in [3.8, 4) is 0 Å². The summed E-state index contributed by atoms with van der Waals surface area (Å²) in [6.45, 7) is 0.112. The minimum Gasteiger partial charge on any atom is -0.331 e. The molecular weight excluding hydrogens is 411 g/mol. The molecule has 1 aliphatic rings. The van der Waals surface area contributed by atoms with Crippen molar-refractivity contribution in [1.29, 1.82) is 0 Å². The highest BCUT2D eigenvalue weighted by Crippen LogP contribution is 2.32. The number of hydrogen-bond donors (Lipinski definition) is 1. The van der Waals surface area contributed by atoms with Crippen molar-refractivity contribution in [2.45, 2.75) is 25.4 Å². The van der Waals surface area contributed by atoms with Crippen molar-refractivity contribution in [1.82, 2.24) is 4.90 Å². The van der Waals surface area contributed by atoms with Crippen LogP contribution in [-0.4, -0.2) is 22.8 Å². The van der Waals surface area contributed by atoms with Gasteiger partial charge in [-0.3, -0.25) is 9.59 Å². The van der Waals surface area contributed by atoms with E-state index in [0.29, 0.717) is 26.7 Å². The monoisotopic (exact) mass is 428 g/mol. The molecule has 3 aromatic rings. The summed E-state index contributed by atoms with van der Waals surface area (Å²) in [4.78, 5) is 27.7. The highest BCUT2D eigenvalue weighted by molar-refractivity contribution is 7.12. The van der Waals surface area contributed by atoms with E-state index in [1.807, 2.05) is 5.38 Å². The first-order chi connectivity index (χ1) is 14.0. The third-order valence-electron chi connectivity index (χ3n) is 4.75. The zero-order chi connectivity index (χ0) is 20.4. The normalized spacial score (nSPS) is 13.2. The first kappa shape index (κ1) is 19.6. The van der Waals surface area contributed by atoms with Crippen LogP contribution in [0.3, 0.4) is 0 Å². The van der Waals surface area contributed by atoms with Gasteiger partial charge < -0.3 is 10.2 Å². The molecule has 1 aromatic heterocycles. The van der Waals surface area contributed by atoms with E-state index in [4.69, 9.17) is 11.6 Å². The summed E-state index contributed by atoms with van der Waals surface area (Å²) in [6.07, 6.45) is 1.76. The molecule has 29 heavy (non-hydrogen) atoms. The molecule has 0 spiro atoms. The molecule has 7 heteroatoms. The molecule has 1 saturated carbocycles. The van der Waals surface area contributed by atoms with E-state index in [1.54, 1.807) is 53.4 Å². The zero-order valence-electron chi connectivity index (χ0n) is 15.4. The van der Waals surface area contributed by atoms with Gasteiger partial charge in [0.25, 0.3) is 11.8 Å². The Kier molecular flexibility index (Phi) is 5.65. The molecule has 0 atom stereocenters. The van der Waals surface area contributed by atoms with Crippen molar-refractivity contribution < 1.29 is 14.0 Å². The van der Waals surface area contributed by atoms with E-state index in [9.17, 15) is 14.0 Å². The summed E-state index contributed by atoms with van der Waals surface area (Å²) < 4.78 is 14.2. The highest BCUT2D eigenvalue weighted by atomic mass is 35.5. The van der Waals surface area contributed by atoms with E-state index in [1.165, 1.54) is 17.4 Å². The predicted molar refractivity (Wildman–Crippen MR) is 113 cm³/mol. The maximum atomic E-state index is 14.2. The fourth-order valence-electron chi connectivity index (χ4n) is 3.10. The van der Waals surface area contributed by atoms with Crippen LogP contribution in [0.2, 0.25) is 5.02 Å². The van der Waals surface area contributed by atoms with Gasteiger partial charge in [-0.25, -0.2) is 4.39 Å². The van der Waals surface area contributed by atoms with E-state index in [-0.39, 0.29) is 24.4 Å². The standard InChI is InChI=1S/C22H18ClFN2O2S/c23-18-6-2-7-19(24)17(18)13-26(16-9-10-16)22(28)14-4-1-5-15(12-14)25-21(27)20-8-3-11-29-20/h1-8,11-12,16H,9-10,13H2,(H,25,27). The van der Waals surface area contributed by atoms with Gasteiger partial charge in [-0.2, -0.15) is 0 Å². The Hall–Kier alpha value is -2.70. The Morgan fingerprint density at radius 1 is 1.14 bits per heavy atom. The topological polar surface area (TPSA) is 49.4 Å². The predicted octanol–water partition coefficient (Wildman–Crippen LogP) is 5.60. The number of thiophene rings is 1. The number of benzene rings is 2. The summed E-state index contributed by atoms with van der Waals surface area (Å²) in [5, 5.41) is 4.95. The van der Waals surface area contributed by atoms with Crippen LogP contribution < -0.4 is 5.32 Å². The number of rotatable bonds is 6. The van der Waals surface area contributed by atoms with E-state index in [0.717, 1.165) is 12.8 Å². The highest BCUT2D eigenvalue weighted by Gasteiger charge is 2.34. The number of nitrogens with zero attached hydrogens (tertiary/aromatic N) is 1. The zero-order valence-corrected chi connectivity index (χ0v) is 17.0. The van der Waals surface area contributed by atoms with Gasteiger partial charge in [0.05, 0.1) is 11.4 Å². The van der Waals surface area contributed by atoms with Crippen LogP contribution >= 0.6 is 22.9 Å². The molecule has 0 aliphatic heterocycles. The van der Waals surface area contributed by atoms with Crippen molar-refractivity contribution in [3.05, 3.63) is 86.8 Å². The minimum absolute atomic E-state index is 0.0718. The molecule has 0 radical (unpaired) electrons. The van der Waals surface area contributed by atoms with Gasteiger partial charge in [-0.15, -0.1) is 11.3 Å². The molecular formula is C22H18ClFN2O2S. The van der Waals surface area contributed by atoms with Gasteiger partial charge in [-0.05, 0) is 54.6 Å². The smallest absolute Gasteiger partial charge is 0.265 e. The summed E-state index contributed by atoms with van der Waals surface area (Å²) in [6, 6.07) is 14.9. The number of carbonyl (C=O) groups excluding carboxylic acids is 2. The number of hydrogen-bond acceptors (Lipinski definition) is 3. The van der Waals surface area contributed by atoms with Crippen LogP contribution in [0.4, 0.5) is 10.1 Å². The Morgan fingerprint density at radius 2 is 1.93 bits per heavy atom. The maximum absolute atomic E-state index is 14.2. The lowest BCUT2D eigenvalue weighted by Crippen LogP contribution is -2.33. The largest absolute Gasteiger partial charge is 0.331 e. The molecule has 1 heterocycles. The fraction of sp³-hybridized carbons (Fsp3) is 0.182. The molecule has 0 unspecified atom stereocenters. The van der Waals surface area contributed by atoms with Crippen LogP contribution in [0.5, 0.6) is 0 Å². The van der Waals surface area contributed by atoms with Crippen LogP contribution in [-0.2, 0) is 6.54 Å². The molecule has 148 valence electrons. The van der Waals surface area contributed by atoms with Crippen LogP contribution in [0, 0.1) is 5.82 Å². The average molecular weight is 429 g/mol. The van der Waals surface area contributed by atoms with Gasteiger partial charge in [0.2, 0.25) is 0 Å². The number of nitrogens with one attached hydrogen (secondary N) is 1. The average Bonchev–Trinajstić information content (AvgIpc) is 3.39. The lowest BCUT2D eigenvalue weighted by atomic mass is 10.1. The summed E-state index contributed by atoms with van der Waals surface area (Å²) in [5.74, 6) is -0.853. The van der Waals surface area contributed by atoms with Crippen molar-refractivity contribution >= 4 is 40.4 Å². The van der Waals surface area contributed by atoms with Crippen LogP contribution in [0.25, 0.3) is 0 Å². The molecule has 4 nitrogen and oxygen atoms in total. The minimum atomic E-state index is -0.423. The maximum Gasteiger partial charge on any atom is 0.265 e. The van der Waals surface area contributed by atoms with Gasteiger partial charge in [-0.1, -0.05) is 29.8 Å². The molecule has 1 aliphatic carbocycles. The molecule has 2 aromatic carbocycles. The lowest BCUT2D eigenvalue weighted by Gasteiger charge is -2.23. The summed E-state index contributed by atoms with van der Waals surface area (Å²) in [7, 11) is 0. The Labute approximate surface area is 176 Å². The summed E-state index contributed by atoms with van der Waals surface area (Å²) >= 11 is 7.50. The lowest BCUT2D eigenvalue weighted by molar-refractivity contribution is 0.0728. The third kappa shape index (κ3) is 4.49. The fourth-order valence-corrected chi connectivity index (χ4v) is 3.94. The summed E-state index contributed by atoms with van der Waals surface area (Å²) in [5.41, 5.74) is 1.29. The van der Waals surface area contributed by atoms with Gasteiger partial charge >= 0.3 is 0 Å². The third-order valence-corrected chi connectivity index (χ3v) is 5.97. The van der Waals surface area contributed by atoms with Crippen molar-refractivity contribution in [2.24, 2.45) is 0 Å². The Morgan fingerprint density at radius 3 is 2.62 bits per heavy atom. The number of carbonyl (C=O) groups is 2. The molecule has 2 amide bonds. The van der Waals surface area contributed by atoms with E-state index in [2.05, 4.69) is 5.32 Å². The molecule has 0 bridgehead atoms. The van der Waals surface area contributed by atoms with Gasteiger partial charge in [0.15, 0.2) is 0 Å². The first-order valence-electron chi connectivity index (χ1n) is 9.21. The number of amides is 2. The molecule has 1 N–H and O–H groups in total. The van der Waals surface area contributed by atoms with E-state index < -0.39 is 5.82 Å². The van der Waals surface area contributed by atoms with Gasteiger partial charge in [0.1, 0.15) is 5.82 Å². The second-order valence-electron chi connectivity index (χ2n) is 6.88. The SMILES string of the molecule is O=C(Nc1cccc(C(=O)N(Cc2c(F)cccc2Cl)C2CC2)c1)c1cccs1. The van der Waals surface area contributed by atoms with E-state index >= 15 is 0 Å². The number of halogens is 2. The second kappa shape index (κ2) is 8.35. The quantitative estimate of drug-likeness (QED) is 0.555. The second-order valence-corrected chi connectivity index (χ2v) is 8.23. The first-order valence-corrected chi connectivity index (χ1v) is 10.5. The molecule has 0 saturated heterocycles. The van der Waals surface area contributed by atoms with Gasteiger partial charge in [0, 0.05) is 27.9 Å². The Bertz CT molecular complexity index is 1030. The molecule has 1 fully saturated rings.